The minimum Gasteiger partial charge on any atom is -0.334 e. The first-order chi connectivity index (χ1) is 13.6. The Hall–Kier alpha value is -3.54. The molecule has 6 nitrogen and oxygen atoms in total. The first-order valence-corrected chi connectivity index (χ1v) is 9.16. The van der Waals surface area contributed by atoms with Crippen LogP contribution in [0.3, 0.4) is 0 Å². The maximum Gasteiger partial charge on any atom is 0.257 e. The molecule has 1 aliphatic rings. The first-order valence-electron chi connectivity index (χ1n) is 9.16. The van der Waals surface area contributed by atoms with Crippen molar-refractivity contribution in [2.45, 2.75) is 19.9 Å². The van der Waals surface area contributed by atoms with Gasteiger partial charge in [0.25, 0.3) is 5.91 Å². The Morgan fingerprint density at radius 1 is 0.929 bits per heavy atom. The lowest BCUT2D eigenvalue weighted by Crippen LogP contribution is -2.36. The molecule has 28 heavy (non-hydrogen) atoms. The van der Waals surface area contributed by atoms with Gasteiger partial charge in [-0.2, -0.15) is 0 Å². The average molecular weight is 372 g/mol. The standard InChI is InChI=1S/C22H20N4O2/c1-15(27)16-6-8-20(9-7-16)25-22-23-12-19(13-24-22)21(28)26-11-10-17-4-2-3-5-18(17)14-26/h2-9,12-13H,10-11,14H2,1H3,(H,23,24,25). The molecule has 0 unspecified atom stereocenters. The quantitative estimate of drug-likeness (QED) is 0.708. The third kappa shape index (κ3) is 3.76. The van der Waals surface area contributed by atoms with Gasteiger partial charge in [-0.3, -0.25) is 9.59 Å². The van der Waals surface area contributed by atoms with Crippen molar-refractivity contribution in [2.75, 3.05) is 11.9 Å². The summed E-state index contributed by atoms with van der Waals surface area (Å²) >= 11 is 0. The minimum atomic E-state index is -0.0631. The van der Waals surface area contributed by atoms with Crippen molar-refractivity contribution in [1.82, 2.24) is 14.9 Å². The number of aromatic nitrogens is 2. The van der Waals surface area contributed by atoms with Gasteiger partial charge in [0.2, 0.25) is 5.95 Å². The number of hydrogen-bond acceptors (Lipinski definition) is 5. The molecule has 2 heterocycles. The Balaban J connectivity index is 1.43. The summed E-state index contributed by atoms with van der Waals surface area (Å²) < 4.78 is 0. The fourth-order valence-electron chi connectivity index (χ4n) is 3.27. The fourth-order valence-corrected chi connectivity index (χ4v) is 3.27. The Morgan fingerprint density at radius 3 is 2.29 bits per heavy atom. The van der Waals surface area contributed by atoms with Gasteiger partial charge in [-0.15, -0.1) is 0 Å². The Bertz CT molecular complexity index is 1010. The largest absolute Gasteiger partial charge is 0.334 e. The third-order valence-electron chi connectivity index (χ3n) is 4.86. The summed E-state index contributed by atoms with van der Waals surface area (Å²) in [5.74, 6) is 0.356. The molecule has 6 heteroatoms. The number of rotatable bonds is 4. The molecule has 1 aromatic heterocycles. The smallest absolute Gasteiger partial charge is 0.257 e. The number of ketones is 1. The number of nitrogens with zero attached hydrogens (tertiary/aromatic N) is 3. The molecule has 0 saturated heterocycles. The number of anilines is 2. The Kier molecular flexibility index (Phi) is 4.85. The molecule has 0 bridgehead atoms. The molecule has 0 aliphatic carbocycles. The second kappa shape index (κ2) is 7.60. The molecule has 0 atom stereocenters. The van der Waals surface area contributed by atoms with Gasteiger partial charge in [-0.05, 0) is 48.7 Å². The van der Waals surface area contributed by atoms with E-state index in [1.54, 1.807) is 36.7 Å². The number of nitrogens with one attached hydrogen (secondary N) is 1. The summed E-state index contributed by atoms with van der Waals surface area (Å²) in [6.45, 7) is 2.83. The van der Waals surface area contributed by atoms with E-state index in [2.05, 4.69) is 27.4 Å². The van der Waals surface area contributed by atoms with Crippen molar-refractivity contribution >= 4 is 23.3 Å². The molecule has 0 spiro atoms. The van der Waals surface area contributed by atoms with Crippen LogP contribution in [-0.4, -0.2) is 33.1 Å². The van der Waals surface area contributed by atoms with Gasteiger partial charge >= 0.3 is 0 Å². The summed E-state index contributed by atoms with van der Waals surface area (Å²) in [4.78, 5) is 34.4. The van der Waals surface area contributed by atoms with Crippen molar-refractivity contribution in [3.8, 4) is 0 Å². The van der Waals surface area contributed by atoms with Gasteiger partial charge in [-0.1, -0.05) is 24.3 Å². The molecule has 140 valence electrons. The van der Waals surface area contributed by atoms with Crippen LogP contribution in [0.25, 0.3) is 0 Å². The number of carbonyl (C=O) groups excluding carboxylic acids is 2. The zero-order valence-electron chi connectivity index (χ0n) is 15.6. The number of fused-ring (bicyclic) bond motifs is 1. The Morgan fingerprint density at radius 2 is 1.61 bits per heavy atom. The zero-order valence-corrected chi connectivity index (χ0v) is 15.6. The highest BCUT2D eigenvalue weighted by Gasteiger charge is 2.22. The number of benzene rings is 2. The molecule has 0 radical (unpaired) electrons. The number of hydrogen-bond donors (Lipinski definition) is 1. The summed E-state index contributed by atoms with van der Waals surface area (Å²) in [6.07, 6.45) is 3.95. The normalized spacial score (nSPS) is 13.0. The predicted octanol–water partition coefficient (Wildman–Crippen LogP) is 3.62. The van der Waals surface area contributed by atoms with Crippen molar-refractivity contribution in [3.05, 3.63) is 83.2 Å². The zero-order chi connectivity index (χ0) is 19.5. The van der Waals surface area contributed by atoms with E-state index in [1.165, 1.54) is 18.1 Å². The van der Waals surface area contributed by atoms with E-state index in [4.69, 9.17) is 0 Å². The van der Waals surface area contributed by atoms with Crippen LogP contribution in [0, 0.1) is 0 Å². The maximum atomic E-state index is 12.8. The van der Waals surface area contributed by atoms with Gasteiger partial charge in [0, 0.05) is 36.7 Å². The van der Waals surface area contributed by atoms with Crippen molar-refractivity contribution < 1.29 is 9.59 Å². The van der Waals surface area contributed by atoms with Crippen LogP contribution in [0.4, 0.5) is 11.6 Å². The van der Waals surface area contributed by atoms with Crippen molar-refractivity contribution in [3.63, 3.8) is 0 Å². The van der Waals surface area contributed by atoms with Gasteiger partial charge in [0.1, 0.15) is 0 Å². The lowest BCUT2D eigenvalue weighted by atomic mass is 9.99. The second-order valence-electron chi connectivity index (χ2n) is 6.80. The highest BCUT2D eigenvalue weighted by atomic mass is 16.2. The SMILES string of the molecule is CC(=O)c1ccc(Nc2ncc(C(=O)N3CCc4ccccc4C3)cn2)cc1. The van der Waals surface area contributed by atoms with E-state index in [-0.39, 0.29) is 11.7 Å². The van der Waals surface area contributed by atoms with Crippen molar-refractivity contribution in [2.24, 2.45) is 0 Å². The van der Waals surface area contributed by atoms with Crippen LogP contribution in [-0.2, 0) is 13.0 Å². The molecule has 1 amide bonds. The van der Waals surface area contributed by atoms with Crippen LogP contribution < -0.4 is 5.32 Å². The molecule has 0 fully saturated rings. The minimum absolute atomic E-state index is 0.0194. The van der Waals surface area contributed by atoms with Gasteiger partial charge in [0.05, 0.1) is 5.56 Å². The highest BCUT2D eigenvalue weighted by Crippen LogP contribution is 2.20. The topological polar surface area (TPSA) is 75.2 Å². The summed E-state index contributed by atoms with van der Waals surface area (Å²) in [5, 5.41) is 3.07. The van der Waals surface area contributed by atoms with Gasteiger partial charge < -0.3 is 10.2 Å². The molecule has 0 saturated carbocycles. The van der Waals surface area contributed by atoms with Crippen LogP contribution >= 0.6 is 0 Å². The number of carbonyl (C=O) groups is 2. The van der Waals surface area contributed by atoms with E-state index in [9.17, 15) is 9.59 Å². The van der Waals surface area contributed by atoms with Crippen LogP contribution in [0.5, 0.6) is 0 Å². The molecule has 3 aromatic rings. The molecule has 2 aromatic carbocycles. The predicted molar refractivity (Wildman–Crippen MR) is 107 cm³/mol. The first kappa shape index (κ1) is 17.9. The third-order valence-corrected chi connectivity index (χ3v) is 4.86. The fraction of sp³-hybridized carbons (Fsp3) is 0.182. The molecule has 1 aliphatic heterocycles. The van der Waals surface area contributed by atoms with Crippen molar-refractivity contribution in [1.29, 1.82) is 0 Å². The second-order valence-corrected chi connectivity index (χ2v) is 6.80. The number of Topliss-reactive ketones (excluding diaryl/α,β-unsaturated/α-hetero) is 1. The summed E-state index contributed by atoms with van der Waals surface area (Å²) in [6, 6.07) is 15.3. The van der Waals surface area contributed by atoms with Crippen LogP contribution in [0.2, 0.25) is 0 Å². The average Bonchev–Trinajstić information content (AvgIpc) is 2.74. The lowest BCUT2D eigenvalue weighted by Gasteiger charge is -2.28. The van der Waals surface area contributed by atoms with E-state index in [0.29, 0.717) is 30.2 Å². The summed E-state index contributed by atoms with van der Waals surface area (Å²) in [5.41, 5.74) is 4.39. The number of amides is 1. The monoisotopic (exact) mass is 372 g/mol. The molecule has 1 N–H and O–H groups in total. The Labute approximate surface area is 163 Å². The lowest BCUT2D eigenvalue weighted by molar-refractivity contribution is 0.0733. The van der Waals surface area contributed by atoms with Crippen LogP contribution in [0.1, 0.15) is 38.8 Å². The van der Waals surface area contributed by atoms with E-state index >= 15 is 0 Å². The maximum absolute atomic E-state index is 12.8. The van der Waals surface area contributed by atoms with E-state index in [1.807, 2.05) is 17.0 Å². The van der Waals surface area contributed by atoms with E-state index in [0.717, 1.165) is 12.1 Å². The highest BCUT2D eigenvalue weighted by molar-refractivity contribution is 5.94. The molecule has 4 rings (SSSR count). The van der Waals surface area contributed by atoms with Gasteiger partial charge in [-0.25, -0.2) is 9.97 Å². The van der Waals surface area contributed by atoms with Crippen LogP contribution in [0.15, 0.2) is 60.9 Å². The molecular formula is C22H20N4O2. The summed E-state index contributed by atoms with van der Waals surface area (Å²) in [7, 11) is 0. The van der Waals surface area contributed by atoms with Gasteiger partial charge in [0.15, 0.2) is 5.78 Å². The van der Waals surface area contributed by atoms with E-state index < -0.39 is 0 Å². The molecular weight excluding hydrogens is 352 g/mol.